The number of ether oxygens (including phenoxy) is 1. The number of nitrogens with one attached hydrogen (secondary N) is 1. The number of benzene rings is 1. The third-order valence-corrected chi connectivity index (χ3v) is 3.79. The molecule has 0 saturated heterocycles. The molecule has 1 heterocycles. The molecule has 0 radical (unpaired) electrons. The molecule has 0 atom stereocenters. The highest BCUT2D eigenvalue weighted by Crippen LogP contribution is 2.22. The zero-order chi connectivity index (χ0) is 17.1. The number of hydrogen-bond acceptors (Lipinski definition) is 3. The summed E-state index contributed by atoms with van der Waals surface area (Å²) in [5, 5.41) is 4.59. The highest BCUT2D eigenvalue weighted by Gasteiger charge is 2.03. The highest BCUT2D eigenvalue weighted by molar-refractivity contribution is 5.83. The van der Waals surface area contributed by atoms with Crippen LogP contribution in [0.25, 0.3) is 10.9 Å². The Bertz CT molecular complexity index is 620. The summed E-state index contributed by atoms with van der Waals surface area (Å²) in [5.74, 6) is 0.879. The van der Waals surface area contributed by atoms with Crippen LogP contribution in [-0.4, -0.2) is 25.8 Å². The van der Waals surface area contributed by atoms with Gasteiger partial charge in [-0.3, -0.25) is 9.37 Å². The maximum Gasteiger partial charge on any atom is 0.119 e. The molecule has 0 unspecified atom stereocenters. The molecule has 1 aromatic heterocycles. The minimum Gasteiger partial charge on any atom is -0.497 e. The lowest BCUT2D eigenvalue weighted by molar-refractivity contribution is 0.415. The number of halogens is 1. The van der Waals surface area contributed by atoms with Crippen molar-refractivity contribution in [1.82, 2.24) is 10.3 Å². The summed E-state index contributed by atoms with van der Waals surface area (Å²) in [5.41, 5.74) is 3.78. The predicted molar refractivity (Wildman–Crippen MR) is 95.7 cm³/mol. The molecule has 0 aliphatic carbocycles. The molecule has 4 heteroatoms. The first-order valence-corrected chi connectivity index (χ1v) is 7.99. The fraction of sp³-hybridized carbons (Fsp3) is 0.421. The quantitative estimate of drug-likeness (QED) is 0.754. The molecule has 0 saturated carbocycles. The minimum atomic E-state index is 0.500. The van der Waals surface area contributed by atoms with Crippen molar-refractivity contribution in [3.8, 4) is 5.75 Å². The smallest absolute Gasteiger partial charge is 0.119 e. The normalized spacial score (nSPS) is 9.78. The van der Waals surface area contributed by atoms with Crippen molar-refractivity contribution in [2.24, 2.45) is 0 Å². The van der Waals surface area contributed by atoms with E-state index in [0.717, 1.165) is 37.1 Å². The van der Waals surface area contributed by atoms with Crippen LogP contribution in [0, 0.1) is 0 Å². The summed E-state index contributed by atoms with van der Waals surface area (Å²) >= 11 is 0. The van der Waals surface area contributed by atoms with Crippen molar-refractivity contribution in [1.29, 1.82) is 0 Å². The van der Waals surface area contributed by atoms with E-state index in [2.05, 4.69) is 42.5 Å². The number of pyridine rings is 1. The average Bonchev–Trinajstić information content (AvgIpc) is 2.63. The SMILES string of the molecule is CCC(=CNCCc1ccnc2ccc(OC)cc12)CC.CF. The van der Waals surface area contributed by atoms with E-state index in [-0.39, 0.29) is 0 Å². The number of aromatic nitrogens is 1. The van der Waals surface area contributed by atoms with Gasteiger partial charge in [-0.2, -0.15) is 0 Å². The Kier molecular flexibility index (Phi) is 8.73. The summed E-state index contributed by atoms with van der Waals surface area (Å²) in [7, 11) is 2.20. The maximum atomic E-state index is 9.50. The van der Waals surface area contributed by atoms with Crippen LogP contribution in [0.2, 0.25) is 0 Å². The lowest BCUT2D eigenvalue weighted by atomic mass is 10.1. The van der Waals surface area contributed by atoms with E-state index in [1.807, 2.05) is 18.3 Å². The largest absolute Gasteiger partial charge is 0.497 e. The topological polar surface area (TPSA) is 34.2 Å². The van der Waals surface area contributed by atoms with Crippen LogP contribution in [0.4, 0.5) is 4.39 Å². The first kappa shape index (κ1) is 18.9. The van der Waals surface area contributed by atoms with E-state index in [4.69, 9.17) is 4.74 Å². The predicted octanol–water partition coefficient (Wildman–Crippen LogP) is 4.67. The first-order valence-electron chi connectivity index (χ1n) is 7.99. The molecule has 3 nitrogen and oxygen atoms in total. The minimum absolute atomic E-state index is 0.500. The van der Waals surface area contributed by atoms with Gasteiger partial charge < -0.3 is 10.1 Å². The molecule has 0 bridgehead atoms. The Morgan fingerprint density at radius 2 is 1.96 bits per heavy atom. The van der Waals surface area contributed by atoms with Crippen molar-refractivity contribution >= 4 is 10.9 Å². The third kappa shape index (κ3) is 5.55. The number of fused-ring (bicyclic) bond motifs is 1. The molecular formula is C19H27FN2O. The Hall–Kier alpha value is -2.10. The monoisotopic (exact) mass is 318 g/mol. The standard InChI is InChI=1S/C18H24N2O.CH3F/c1-4-14(5-2)13-19-10-8-15-9-11-20-18-7-6-16(21-3)12-17(15)18;1-2/h6-7,9,11-13,19H,4-5,8,10H2,1-3H3;1H3. The van der Waals surface area contributed by atoms with Gasteiger partial charge in [0.1, 0.15) is 5.75 Å². The van der Waals surface area contributed by atoms with Gasteiger partial charge in [-0.05, 0) is 55.3 Å². The molecule has 2 rings (SSSR count). The van der Waals surface area contributed by atoms with Crippen LogP contribution in [-0.2, 0) is 6.42 Å². The zero-order valence-corrected chi connectivity index (χ0v) is 14.5. The number of rotatable bonds is 7. The summed E-state index contributed by atoms with van der Waals surface area (Å²) in [6.07, 6.45) is 7.23. The van der Waals surface area contributed by atoms with Gasteiger partial charge in [0.15, 0.2) is 0 Å². The van der Waals surface area contributed by atoms with Gasteiger partial charge >= 0.3 is 0 Å². The Morgan fingerprint density at radius 1 is 1.22 bits per heavy atom. The first-order chi connectivity index (χ1) is 11.3. The van der Waals surface area contributed by atoms with E-state index in [9.17, 15) is 4.39 Å². The van der Waals surface area contributed by atoms with Crippen LogP contribution < -0.4 is 10.1 Å². The second kappa shape index (κ2) is 10.6. The number of hydrogen-bond donors (Lipinski definition) is 1. The van der Waals surface area contributed by atoms with Gasteiger partial charge in [-0.1, -0.05) is 19.4 Å². The van der Waals surface area contributed by atoms with Crippen molar-refractivity contribution in [3.05, 3.63) is 47.8 Å². The molecule has 0 aliphatic heterocycles. The van der Waals surface area contributed by atoms with Gasteiger partial charge in [0.25, 0.3) is 0 Å². The van der Waals surface area contributed by atoms with Gasteiger partial charge in [0.05, 0.1) is 19.8 Å². The molecule has 126 valence electrons. The zero-order valence-electron chi connectivity index (χ0n) is 14.5. The molecule has 0 amide bonds. The molecule has 0 fully saturated rings. The molecule has 1 aromatic carbocycles. The summed E-state index contributed by atoms with van der Waals surface area (Å²) in [4.78, 5) is 4.41. The summed E-state index contributed by atoms with van der Waals surface area (Å²) in [6.45, 7) is 5.32. The molecule has 1 N–H and O–H groups in total. The van der Waals surface area contributed by atoms with Gasteiger partial charge in [-0.15, -0.1) is 0 Å². The van der Waals surface area contributed by atoms with Crippen molar-refractivity contribution in [3.63, 3.8) is 0 Å². The number of methoxy groups -OCH3 is 1. The van der Waals surface area contributed by atoms with Crippen molar-refractivity contribution in [2.75, 3.05) is 20.8 Å². The summed E-state index contributed by atoms with van der Waals surface area (Å²) in [6, 6.07) is 8.12. The Balaban J connectivity index is 0.00000127. The van der Waals surface area contributed by atoms with Crippen LogP contribution in [0.5, 0.6) is 5.75 Å². The van der Waals surface area contributed by atoms with Crippen molar-refractivity contribution < 1.29 is 9.13 Å². The Labute approximate surface area is 138 Å². The van der Waals surface area contributed by atoms with E-state index in [1.165, 1.54) is 16.5 Å². The number of nitrogens with zero attached hydrogens (tertiary/aromatic N) is 1. The van der Waals surface area contributed by atoms with E-state index >= 15 is 0 Å². The maximum absolute atomic E-state index is 9.50. The van der Waals surface area contributed by atoms with E-state index in [1.54, 1.807) is 7.11 Å². The van der Waals surface area contributed by atoms with Crippen molar-refractivity contribution in [2.45, 2.75) is 33.1 Å². The van der Waals surface area contributed by atoms with Gasteiger partial charge in [0.2, 0.25) is 0 Å². The van der Waals surface area contributed by atoms with Crippen LogP contribution in [0.3, 0.4) is 0 Å². The van der Waals surface area contributed by atoms with Crippen LogP contribution >= 0.6 is 0 Å². The lowest BCUT2D eigenvalue weighted by Crippen LogP contribution is -2.11. The Morgan fingerprint density at radius 3 is 2.61 bits per heavy atom. The molecule has 0 spiro atoms. The second-order valence-corrected chi connectivity index (χ2v) is 5.07. The summed E-state index contributed by atoms with van der Waals surface area (Å²) < 4.78 is 14.8. The fourth-order valence-electron chi connectivity index (χ4n) is 2.40. The van der Waals surface area contributed by atoms with Gasteiger partial charge in [-0.25, -0.2) is 0 Å². The number of allylic oxidation sites excluding steroid dienone is 1. The van der Waals surface area contributed by atoms with E-state index in [0.29, 0.717) is 7.18 Å². The molecular weight excluding hydrogens is 291 g/mol. The second-order valence-electron chi connectivity index (χ2n) is 5.07. The third-order valence-electron chi connectivity index (χ3n) is 3.79. The molecule has 0 aliphatic rings. The highest BCUT2D eigenvalue weighted by atomic mass is 19.1. The van der Waals surface area contributed by atoms with Gasteiger partial charge in [0, 0.05) is 18.1 Å². The average molecular weight is 318 g/mol. The van der Waals surface area contributed by atoms with E-state index < -0.39 is 0 Å². The van der Waals surface area contributed by atoms with Crippen LogP contribution in [0.15, 0.2) is 42.2 Å². The number of alkyl halides is 1. The fourth-order valence-corrected chi connectivity index (χ4v) is 2.40. The lowest BCUT2D eigenvalue weighted by Gasteiger charge is -2.09. The molecule has 2 aromatic rings. The van der Waals surface area contributed by atoms with Crippen LogP contribution in [0.1, 0.15) is 32.3 Å². The molecule has 23 heavy (non-hydrogen) atoms.